The average molecular weight is 225 g/mol. The second-order valence-electron chi connectivity index (χ2n) is 4.29. The maximum atomic E-state index is 11.4. The first-order valence-electron chi connectivity index (χ1n) is 5.76. The molecule has 2 atom stereocenters. The molecule has 1 fully saturated rings. The van der Waals surface area contributed by atoms with Gasteiger partial charge in [0.15, 0.2) is 0 Å². The number of carboxylic acids is 1. The van der Waals surface area contributed by atoms with E-state index in [1.807, 2.05) is 0 Å². The van der Waals surface area contributed by atoms with E-state index in [1.54, 1.807) is 6.08 Å². The van der Waals surface area contributed by atoms with Crippen LogP contribution in [0.25, 0.3) is 0 Å². The number of hydrogen-bond donors (Lipinski definition) is 2. The molecular formula is C12H19NO3. The fraction of sp³-hybridized carbons (Fsp3) is 0.667. The Morgan fingerprint density at radius 3 is 2.81 bits per heavy atom. The minimum atomic E-state index is -0.745. The van der Waals surface area contributed by atoms with Crippen molar-refractivity contribution in [3.63, 3.8) is 0 Å². The summed E-state index contributed by atoms with van der Waals surface area (Å²) in [7, 11) is 0. The lowest BCUT2D eigenvalue weighted by Crippen LogP contribution is -2.39. The number of carbonyl (C=O) groups is 2. The number of hydrogen-bond acceptors (Lipinski definition) is 2. The van der Waals surface area contributed by atoms with Crippen LogP contribution < -0.4 is 5.32 Å². The summed E-state index contributed by atoms with van der Waals surface area (Å²) >= 11 is 0. The van der Waals surface area contributed by atoms with Gasteiger partial charge in [0.05, 0.1) is 5.92 Å². The van der Waals surface area contributed by atoms with E-state index >= 15 is 0 Å². The van der Waals surface area contributed by atoms with Crippen LogP contribution in [0.3, 0.4) is 0 Å². The lowest BCUT2D eigenvalue weighted by molar-refractivity contribution is -0.143. The van der Waals surface area contributed by atoms with Crippen LogP contribution in [0.2, 0.25) is 0 Å². The highest BCUT2D eigenvalue weighted by atomic mass is 16.4. The van der Waals surface area contributed by atoms with E-state index < -0.39 is 5.97 Å². The molecule has 0 radical (unpaired) electrons. The standard InChI is InChI=1S/C12H19NO3/c1-2-3-7-11(14)13-10-6-4-5-9(8-10)12(15)16/h2,9-10H,1,3-8H2,(H,13,14)(H,15,16). The first-order valence-corrected chi connectivity index (χ1v) is 5.76. The number of rotatable bonds is 5. The van der Waals surface area contributed by atoms with Crippen LogP contribution in [0.15, 0.2) is 12.7 Å². The minimum absolute atomic E-state index is 0.00376. The molecule has 1 aliphatic rings. The van der Waals surface area contributed by atoms with Gasteiger partial charge in [-0.15, -0.1) is 6.58 Å². The zero-order valence-corrected chi connectivity index (χ0v) is 9.45. The van der Waals surface area contributed by atoms with E-state index in [1.165, 1.54) is 0 Å². The summed E-state index contributed by atoms with van der Waals surface area (Å²) in [5, 5.41) is 11.8. The molecule has 16 heavy (non-hydrogen) atoms. The zero-order valence-electron chi connectivity index (χ0n) is 9.45. The fourth-order valence-electron chi connectivity index (χ4n) is 2.08. The zero-order chi connectivity index (χ0) is 12.0. The van der Waals surface area contributed by atoms with Crippen molar-refractivity contribution in [3.8, 4) is 0 Å². The molecule has 0 aromatic rings. The fourth-order valence-corrected chi connectivity index (χ4v) is 2.08. The van der Waals surface area contributed by atoms with Crippen LogP contribution in [0.1, 0.15) is 38.5 Å². The Bertz CT molecular complexity index is 275. The van der Waals surface area contributed by atoms with Gasteiger partial charge in [-0.05, 0) is 25.7 Å². The summed E-state index contributed by atoms with van der Waals surface area (Å²) in [5.74, 6) is -1.04. The third-order valence-electron chi connectivity index (χ3n) is 2.96. The first kappa shape index (κ1) is 12.7. The van der Waals surface area contributed by atoms with Crippen LogP contribution >= 0.6 is 0 Å². The molecule has 1 aliphatic carbocycles. The number of carboxylic acid groups (broad SMARTS) is 1. The summed E-state index contributed by atoms with van der Waals surface area (Å²) in [6.07, 6.45) is 5.88. The monoisotopic (exact) mass is 225 g/mol. The van der Waals surface area contributed by atoms with E-state index in [2.05, 4.69) is 11.9 Å². The highest BCUT2D eigenvalue weighted by Crippen LogP contribution is 2.24. The van der Waals surface area contributed by atoms with Crippen molar-refractivity contribution in [1.29, 1.82) is 0 Å². The summed E-state index contributed by atoms with van der Waals surface area (Å²) < 4.78 is 0. The molecule has 1 rings (SSSR count). The Morgan fingerprint density at radius 2 is 2.19 bits per heavy atom. The van der Waals surface area contributed by atoms with Crippen molar-refractivity contribution in [2.75, 3.05) is 0 Å². The van der Waals surface area contributed by atoms with Gasteiger partial charge in [-0.25, -0.2) is 0 Å². The van der Waals surface area contributed by atoms with E-state index in [0.717, 1.165) is 19.3 Å². The van der Waals surface area contributed by atoms with Gasteiger partial charge in [0.25, 0.3) is 0 Å². The second-order valence-corrected chi connectivity index (χ2v) is 4.29. The SMILES string of the molecule is C=CCCC(=O)NC1CCCC(C(=O)O)C1. The molecule has 1 amide bonds. The lowest BCUT2D eigenvalue weighted by Gasteiger charge is -2.27. The number of aliphatic carboxylic acids is 1. The lowest BCUT2D eigenvalue weighted by atomic mass is 9.86. The normalized spacial score (nSPS) is 24.8. The molecule has 90 valence electrons. The van der Waals surface area contributed by atoms with Crippen molar-refractivity contribution in [2.45, 2.75) is 44.6 Å². The summed E-state index contributed by atoms with van der Waals surface area (Å²) in [6.45, 7) is 3.56. The average Bonchev–Trinajstić information content (AvgIpc) is 2.26. The molecule has 2 unspecified atom stereocenters. The molecule has 4 heteroatoms. The Kier molecular flexibility index (Phi) is 5.02. The van der Waals surface area contributed by atoms with Crippen LogP contribution in [-0.4, -0.2) is 23.0 Å². The Hall–Kier alpha value is -1.32. The van der Waals surface area contributed by atoms with Gasteiger partial charge in [0.1, 0.15) is 0 Å². The van der Waals surface area contributed by atoms with Crippen LogP contribution in [0.4, 0.5) is 0 Å². The van der Waals surface area contributed by atoms with Gasteiger partial charge in [0.2, 0.25) is 5.91 Å². The van der Waals surface area contributed by atoms with Crippen LogP contribution in [0.5, 0.6) is 0 Å². The second kappa shape index (κ2) is 6.30. The Labute approximate surface area is 95.7 Å². The molecule has 2 N–H and O–H groups in total. The molecule has 0 aliphatic heterocycles. The summed E-state index contributed by atoms with van der Waals surface area (Å²) in [6, 6.07) is 0.0344. The van der Waals surface area contributed by atoms with E-state index in [4.69, 9.17) is 5.11 Å². The molecule has 4 nitrogen and oxygen atoms in total. The molecular weight excluding hydrogens is 206 g/mol. The van der Waals surface area contributed by atoms with Crippen molar-refractivity contribution in [3.05, 3.63) is 12.7 Å². The van der Waals surface area contributed by atoms with Crippen molar-refractivity contribution < 1.29 is 14.7 Å². The molecule has 0 bridgehead atoms. The van der Waals surface area contributed by atoms with Crippen molar-refractivity contribution in [2.24, 2.45) is 5.92 Å². The minimum Gasteiger partial charge on any atom is -0.481 e. The van der Waals surface area contributed by atoms with Gasteiger partial charge >= 0.3 is 5.97 Å². The van der Waals surface area contributed by atoms with E-state index in [-0.39, 0.29) is 17.9 Å². The highest BCUT2D eigenvalue weighted by Gasteiger charge is 2.27. The Balaban J connectivity index is 2.33. The van der Waals surface area contributed by atoms with Gasteiger partial charge in [0, 0.05) is 12.5 Å². The van der Waals surface area contributed by atoms with Gasteiger partial charge in [-0.3, -0.25) is 9.59 Å². The predicted molar refractivity (Wildman–Crippen MR) is 61.0 cm³/mol. The number of allylic oxidation sites excluding steroid dienone is 1. The third-order valence-corrected chi connectivity index (χ3v) is 2.96. The number of amides is 1. The van der Waals surface area contributed by atoms with Crippen LogP contribution in [-0.2, 0) is 9.59 Å². The largest absolute Gasteiger partial charge is 0.481 e. The van der Waals surface area contributed by atoms with Crippen molar-refractivity contribution >= 4 is 11.9 Å². The topological polar surface area (TPSA) is 66.4 Å². The predicted octanol–water partition coefficient (Wildman–Crippen LogP) is 1.71. The molecule has 0 saturated heterocycles. The molecule has 0 spiro atoms. The maximum Gasteiger partial charge on any atom is 0.306 e. The molecule has 0 heterocycles. The molecule has 0 aromatic heterocycles. The molecule has 1 saturated carbocycles. The van der Waals surface area contributed by atoms with Crippen molar-refractivity contribution in [1.82, 2.24) is 5.32 Å². The van der Waals surface area contributed by atoms with E-state index in [9.17, 15) is 9.59 Å². The van der Waals surface area contributed by atoms with Gasteiger partial charge in [-0.1, -0.05) is 12.5 Å². The van der Waals surface area contributed by atoms with Gasteiger partial charge in [-0.2, -0.15) is 0 Å². The maximum absolute atomic E-state index is 11.4. The van der Waals surface area contributed by atoms with Crippen LogP contribution in [0, 0.1) is 5.92 Å². The van der Waals surface area contributed by atoms with Gasteiger partial charge < -0.3 is 10.4 Å². The summed E-state index contributed by atoms with van der Waals surface area (Å²) in [5.41, 5.74) is 0. The number of nitrogens with one attached hydrogen (secondary N) is 1. The first-order chi connectivity index (χ1) is 7.63. The quantitative estimate of drug-likeness (QED) is 0.700. The Morgan fingerprint density at radius 1 is 1.44 bits per heavy atom. The smallest absolute Gasteiger partial charge is 0.306 e. The third kappa shape index (κ3) is 4.04. The highest BCUT2D eigenvalue weighted by molar-refractivity contribution is 5.76. The summed E-state index contributed by atoms with van der Waals surface area (Å²) in [4.78, 5) is 22.3. The molecule has 0 aromatic carbocycles. The number of carbonyl (C=O) groups excluding carboxylic acids is 1. The van der Waals surface area contributed by atoms with E-state index in [0.29, 0.717) is 19.3 Å².